The number of aromatic amines is 1. The summed E-state index contributed by atoms with van der Waals surface area (Å²) in [4.78, 5) is 3.30. The summed E-state index contributed by atoms with van der Waals surface area (Å²) in [6.07, 6.45) is 4.94. The van der Waals surface area contributed by atoms with Gasteiger partial charge in [-0.05, 0) is 29.9 Å². The van der Waals surface area contributed by atoms with E-state index >= 15 is 0 Å². The fourth-order valence-corrected chi connectivity index (χ4v) is 2.98. The lowest BCUT2D eigenvalue weighted by atomic mass is 10.0. The lowest BCUT2D eigenvalue weighted by Crippen LogP contribution is -2.06. The predicted molar refractivity (Wildman–Crippen MR) is 80.3 cm³/mol. The minimum atomic E-state index is -2.92. The monoisotopic (exact) mass is 279 g/mol. The Labute approximate surface area is 115 Å². The van der Waals surface area contributed by atoms with E-state index in [0.717, 1.165) is 17.5 Å². The minimum absolute atomic E-state index is 0.199. The summed E-state index contributed by atoms with van der Waals surface area (Å²) in [5.41, 5.74) is 3.48. The van der Waals surface area contributed by atoms with Crippen LogP contribution < -0.4 is 0 Å². The van der Waals surface area contributed by atoms with Crippen molar-refractivity contribution in [2.24, 2.45) is 5.92 Å². The Hall–Kier alpha value is -1.29. The van der Waals surface area contributed by atoms with Crippen LogP contribution in [-0.2, 0) is 22.7 Å². The van der Waals surface area contributed by atoms with Gasteiger partial charge in [0.2, 0.25) is 0 Å². The molecule has 0 aliphatic rings. The van der Waals surface area contributed by atoms with E-state index in [0.29, 0.717) is 12.3 Å². The first-order chi connectivity index (χ1) is 8.87. The summed E-state index contributed by atoms with van der Waals surface area (Å²) < 4.78 is 22.6. The van der Waals surface area contributed by atoms with Crippen LogP contribution in [0.25, 0.3) is 10.9 Å². The summed E-state index contributed by atoms with van der Waals surface area (Å²) in [5, 5.41) is 1.22. The summed E-state index contributed by atoms with van der Waals surface area (Å²) in [6.45, 7) is 4.40. The SMILES string of the molecule is CC(C)Cc1c[nH]c2c(CCS(C)(=O)=O)cccc12. The Morgan fingerprint density at radius 1 is 1.21 bits per heavy atom. The Kier molecular flexibility index (Phi) is 3.99. The van der Waals surface area contributed by atoms with Gasteiger partial charge < -0.3 is 4.98 Å². The zero-order valence-corrected chi connectivity index (χ0v) is 12.5. The van der Waals surface area contributed by atoms with Crippen LogP contribution in [0, 0.1) is 5.92 Å². The highest BCUT2D eigenvalue weighted by Crippen LogP contribution is 2.24. The number of hydrogen-bond acceptors (Lipinski definition) is 2. The summed E-state index contributed by atoms with van der Waals surface area (Å²) >= 11 is 0. The molecule has 0 aliphatic heterocycles. The maximum atomic E-state index is 11.3. The van der Waals surface area contributed by atoms with Crippen LogP contribution in [0.15, 0.2) is 24.4 Å². The highest BCUT2D eigenvalue weighted by Gasteiger charge is 2.10. The van der Waals surface area contributed by atoms with Gasteiger partial charge in [0.1, 0.15) is 9.84 Å². The Bertz CT molecular complexity index is 669. The van der Waals surface area contributed by atoms with Crippen LogP contribution in [0.2, 0.25) is 0 Å². The van der Waals surface area contributed by atoms with Gasteiger partial charge in [-0.15, -0.1) is 0 Å². The lowest BCUT2D eigenvalue weighted by Gasteiger charge is -2.05. The van der Waals surface area contributed by atoms with Gasteiger partial charge in [0.15, 0.2) is 0 Å². The van der Waals surface area contributed by atoms with E-state index in [4.69, 9.17) is 0 Å². The van der Waals surface area contributed by atoms with Gasteiger partial charge in [-0.1, -0.05) is 32.0 Å². The van der Waals surface area contributed by atoms with Crippen LogP contribution >= 0.6 is 0 Å². The van der Waals surface area contributed by atoms with Gasteiger partial charge in [-0.25, -0.2) is 8.42 Å². The van der Waals surface area contributed by atoms with E-state index in [-0.39, 0.29) is 5.75 Å². The van der Waals surface area contributed by atoms with Crippen molar-refractivity contribution in [2.45, 2.75) is 26.7 Å². The van der Waals surface area contributed by atoms with Gasteiger partial charge >= 0.3 is 0 Å². The molecule has 0 fully saturated rings. The van der Waals surface area contributed by atoms with Crippen molar-refractivity contribution in [3.63, 3.8) is 0 Å². The Balaban J connectivity index is 2.33. The quantitative estimate of drug-likeness (QED) is 0.914. The van der Waals surface area contributed by atoms with Crippen LogP contribution in [0.4, 0.5) is 0 Å². The zero-order chi connectivity index (χ0) is 14.0. The molecule has 0 amide bonds. The molecule has 0 atom stereocenters. The summed E-state index contributed by atoms with van der Waals surface area (Å²) in [7, 11) is -2.92. The molecule has 1 aromatic carbocycles. The number of para-hydroxylation sites is 1. The van der Waals surface area contributed by atoms with Gasteiger partial charge in [-0.2, -0.15) is 0 Å². The molecule has 1 aromatic heterocycles. The molecule has 0 unspecified atom stereocenters. The number of nitrogens with one attached hydrogen (secondary N) is 1. The molecule has 0 bridgehead atoms. The first-order valence-electron chi connectivity index (χ1n) is 6.62. The fourth-order valence-electron chi connectivity index (χ4n) is 2.39. The van der Waals surface area contributed by atoms with E-state index in [2.05, 4.69) is 31.1 Å². The second-order valence-corrected chi connectivity index (χ2v) is 7.89. The van der Waals surface area contributed by atoms with E-state index in [9.17, 15) is 8.42 Å². The average molecular weight is 279 g/mol. The predicted octanol–water partition coefficient (Wildman–Crippen LogP) is 2.95. The molecule has 0 aliphatic carbocycles. The molecule has 0 spiro atoms. The standard InChI is InChI=1S/C15H21NO2S/c1-11(2)9-13-10-16-15-12(5-4-6-14(13)15)7-8-19(3,17)18/h4-6,10-11,16H,7-9H2,1-3H3. The van der Waals surface area contributed by atoms with Crippen molar-refractivity contribution in [1.82, 2.24) is 4.98 Å². The zero-order valence-electron chi connectivity index (χ0n) is 11.7. The molecular weight excluding hydrogens is 258 g/mol. The molecule has 3 nitrogen and oxygen atoms in total. The van der Waals surface area contributed by atoms with Crippen molar-refractivity contribution < 1.29 is 8.42 Å². The highest BCUT2D eigenvalue weighted by atomic mass is 32.2. The fraction of sp³-hybridized carbons (Fsp3) is 0.467. The van der Waals surface area contributed by atoms with E-state index in [1.54, 1.807) is 0 Å². The first kappa shape index (κ1) is 14.1. The van der Waals surface area contributed by atoms with Crippen LogP contribution in [0.3, 0.4) is 0 Å². The van der Waals surface area contributed by atoms with Crippen molar-refractivity contribution in [3.05, 3.63) is 35.5 Å². The van der Waals surface area contributed by atoms with E-state index in [1.807, 2.05) is 12.1 Å². The average Bonchev–Trinajstić information content (AvgIpc) is 2.69. The molecule has 104 valence electrons. The number of sulfone groups is 1. The molecule has 1 heterocycles. The first-order valence-corrected chi connectivity index (χ1v) is 8.68. The van der Waals surface area contributed by atoms with Crippen molar-refractivity contribution in [1.29, 1.82) is 0 Å². The molecule has 0 saturated heterocycles. The molecule has 2 aromatic rings. The lowest BCUT2D eigenvalue weighted by molar-refractivity contribution is 0.601. The van der Waals surface area contributed by atoms with Gasteiger partial charge in [0.05, 0.1) is 5.75 Å². The molecule has 0 radical (unpaired) electrons. The number of fused-ring (bicyclic) bond motifs is 1. The number of rotatable bonds is 5. The third-order valence-corrected chi connectivity index (χ3v) is 4.20. The number of aromatic nitrogens is 1. The topological polar surface area (TPSA) is 49.9 Å². The maximum absolute atomic E-state index is 11.3. The van der Waals surface area contributed by atoms with E-state index in [1.165, 1.54) is 17.2 Å². The minimum Gasteiger partial charge on any atom is -0.361 e. The second-order valence-electron chi connectivity index (χ2n) is 5.63. The smallest absolute Gasteiger partial charge is 0.147 e. The number of H-pyrrole nitrogens is 1. The van der Waals surface area contributed by atoms with Crippen LogP contribution in [0.5, 0.6) is 0 Å². The normalized spacial score (nSPS) is 12.4. The molecule has 1 N–H and O–H groups in total. The van der Waals surface area contributed by atoms with E-state index < -0.39 is 9.84 Å². The number of aryl methyl sites for hydroxylation is 1. The molecule has 0 saturated carbocycles. The molecule has 2 rings (SSSR count). The number of hydrogen-bond donors (Lipinski definition) is 1. The van der Waals surface area contributed by atoms with Crippen LogP contribution in [-0.4, -0.2) is 25.4 Å². The summed E-state index contributed by atoms with van der Waals surface area (Å²) in [6, 6.07) is 6.12. The Morgan fingerprint density at radius 2 is 1.95 bits per heavy atom. The van der Waals surface area contributed by atoms with Crippen molar-refractivity contribution in [2.75, 3.05) is 12.0 Å². The molecule has 4 heteroatoms. The van der Waals surface area contributed by atoms with Gasteiger partial charge in [0.25, 0.3) is 0 Å². The van der Waals surface area contributed by atoms with Crippen molar-refractivity contribution >= 4 is 20.7 Å². The van der Waals surface area contributed by atoms with Crippen LogP contribution in [0.1, 0.15) is 25.0 Å². The Morgan fingerprint density at radius 3 is 2.58 bits per heavy atom. The second kappa shape index (κ2) is 5.37. The van der Waals surface area contributed by atoms with Gasteiger partial charge in [0, 0.05) is 23.4 Å². The van der Waals surface area contributed by atoms with Crippen molar-refractivity contribution in [3.8, 4) is 0 Å². The highest BCUT2D eigenvalue weighted by molar-refractivity contribution is 7.90. The third-order valence-electron chi connectivity index (χ3n) is 3.26. The largest absolute Gasteiger partial charge is 0.361 e. The van der Waals surface area contributed by atoms with Gasteiger partial charge in [-0.3, -0.25) is 0 Å². The number of benzene rings is 1. The maximum Gasteiger partial charge on any atom is 0.147 e. The molecule has 19 heavy (non-hydrogen) atoms. The molecular formula is C15H21NO2S. The third kappa shape index (κ3) is 3.60. The summed E-state index contributed by atoms with van der Waals surface area (Å²) in [5.74, 6) is 0.809.